The van der Waals surface area contributed by atoms with Crippen LogP contribution in [-0.2, 0) is 4.74 Å². The van der Waals surface area contributed by atoms with E-state index in [-0.39, 0.29) is 19.1 Å². The highest BCUT2D eigenvalue weighted by Crippen LogP contribution is 2.30. The van der Waals surface area contributed by atoms with Crippen molar-refractivity contribution in [2.75, 3.05) is 13.2 Å². The van der Waals surface area contributed by atoms with Crippen molar-refractivity contribution in [3.63, 3.8) is 0 Å². The van der Waals surface area contributed by atoms with Crippen molar-refractivity contribution in [1.29, 1.82) is 0 Å². The predicted octanol–water partition coefficient (Wildman–Crippen LogP) is -0.708. The Morgan fingerprint density at radius 3 is 2.69 bits per heavy atom. The van der Waals surface area contributed by atoms with Gasteiger partial charge in [-0.3, -0.25) is 0 Å². The van der Waals surface area contributed by atoms with E-state index in [2.05, 4.69) is 6.58 Å². The van der Waals surface area contributed by atoms with Gasteiger partial charge in [-0.2, -0.15) is 0 Å². The Labute approximate surface area is 77.5 Å². The minimum Gasteiger partial charge on any atom is -0.393 e. The zero-order valence-electron chi connectivity index (χ0n) is 7.68. The number of aliphatic hydroxyl groups is 3. The Hall–Kier alpha value is -0.420. The van der Waals surface area contributed by atoms with Gasteiger partial charge in [-0.1, -0.05) is 13.0 Å². The molecule has 0 spiro atoms. The topological polar surface area (TPSA) is 69.9 Å². The molecule has 4 unspecified atom stereocenters. The smallest absolute Gasteiger partial charge is 0.135 e. The molecule has 1 aliphatic heterocycles. The molecule has 0 aromatic carbocycles. The van der Waals surface area contributed by atoms with Crippen LogP contribution in [0.1, 0.15) is 6.92 Å². The molecule has 76 valence electrons. The lowest BCUT2D eigenvalue weighted by atomic mass is 9.82. The third-order valence-electron chi connectivity index (χ3n) is 2.72. The quantitative estimate of drug-likeness (QED) is 0.501. The summed E-state index contributed by atoms with van der Waals surface area (Å²) in [5.74, 6) is -0.320. The standard InChI is InChI=1S/C9H16O4/c1-3-9(5-10)8(12)6(2)7(11)4-13-9/h3,6-8,10-12H,1,4-5H2,2H3. The van der Waals surface area contributed by atoms with Gasteiger partial charge in [-0.15, -0.1) is 6.58 Å². The first-order valence-electron chi connectivity index (χ1n) is 4.32. The second kappa shape index (κ2) is 3.75. The second-order valence-electron chi connectivity index (χ2n) is 3.50. The van der Waals surface area contributed by atoms with E-state index in [1.54, 1.807) is 6.92 Å². The summed E-state index contributed by atoms with van der Waals surface area (Å²) in [6.07, 6.45) is -0.214. The van der Waals surface area contributed by atoms with E-state index in [9.17, 15) is 10.2 Å². The van der Waals surface area contributed by atoms with Gasteiger partial charge in [0.15, 0.2) is 0 Å². The molecule has 4 atom stereocenters. The van der Waals surface area contributed by atoms with Gasteiger partial charge in [0, 0.05) is 5.92 Å². The maximum absolute atomic E-state index is 9.74. The van der Waals surface area contributed by atoms with E-state index in [0.717, 1.165) is 0 Å². The van der Waals surface area contributed by atoms with Gasteiger partial charge in [-0.05, 0) is 0 Å². The molecule has 1 saturated heterocycles. The predicted molar refractivity (Wildman–Crippen MR) is 47.1 cm³/mol. The van der Waals surface area contributed by atoms with Crippen LogP contribution >= 0.6 is 0 Å². The van der Waals surface area contributed by atoms with Crippen molar-refractivity contribution in [2.45, 2.75) is 24.7 Å². The minimum absolute atomic E-state index is 0.116. The molecule has 0 bridgehead atoms. The van der Waals surface area contributed by atoms with Crippen LogP contribution in [-0.4, -0.2) is 46.3 Å². The second-order valence-corrected chi connectivity index (χ2v) is 3.50. The van der Waals surface area contributed by atoms with Gasteiger partial charge < -0.3 is 20.1 Å². The molecule has 1 rings (SSSR count). The maximum Gasteiger partial charge on any atom is 0.135 e. The molecule has 0 aromatic heterocycles. The van der Waals surface area contributed by atoms with Crippen LogP contribution in [0.2, 0.25) is 0 Å². The fourth-order valence-corrected chi connectivity index (χ4v) is 1.52. The summed E-state index contributed by atoms with van der Waals surface area (Å²) in [7, 11) is 0. The first-order chi connectivity index (χ1) is 6.07. The van der Waals surface area contributed by atoms with Crippen LogP contribution < -0.4 is 0 Å². The lowest BCUT2D eigenvalue weighted by molar-refractivity contribution is -0.203. The van der Waals surface area contributed by atoms with Crippen LogP contribution in [0.3, 0.4) is 0 Å². The third kappa shape index (κ3) is 1.62. The molecule has 3 N–H and O–H groups in total. The van der Waals surface area contributed by atoms with E-state index in [1.165, 1.54) is 6.08 Å². The van der Waals surface area contributed by atoms with E-state index in [4.69, 9.17) is 9.84 Å². The number of rotatable bonds is 2. The largest absolute Gasteiger partial charge is 0.393 e. The summed E-state index contributed by atoms with van der Waals surface area (Å²) in [6.45, 7) is 5.02. The van der Waals surface area contributed by atoms with E-state index in [1.807, 2.05) is 0 Å². The van der Waals surface area contributed by atoms with Gasteiger partial charge in [0.05, 0.1) is 25.4 Å². The van der Waals surface area contributed by atoms with Crippen LogP contribution in [0.5, 0.6) is 0 Å². The van der Waals surface area contributed by atoms with Crippen LogP contribution in [0.4, 0.5) is 0 Å². The van der Waals surface area contributed by atoms with Gasteiger partial charge >= 0.3 is 0 Å². The van der Waals surface area contributed by atoms with Crippen molar-refractivity contribution in [1.82, 2.24) is 0 Å². The summed E-state index contributed by atoms with van der Waals surface area (Å²) >= 11 is 0. The monoisotopic (exact) mass is 188 g/mol. The lowest BCUT2D eigenvalue weighted by Gasteiger charge is -2.43. The Kier molecular flexibility index (Phi) is 3.08. The van der Waals surface area contributed by atoms with Crippen LogP contribution in [0, 0.1) is 5.92 Å². The summed E-state index contributed by atoms with van der Waals surface area (Å²) in [5, 5.41) is 28.2. The average Bonchev–Trinajstić information content (AvgIpc) is 2.16. The zero-order chi connectivity index (χ0) is 10.1. The summed E-state index contributed by atoms with van der Waals surface area (Å²) in [6, 6.07) is 0. The van der Waals surface area contributed by atoms with Crippen molar-refractivity contribution in [3.05, 3.63) is 12.7 Å². The fourth-order valence-electron chi connectivity index (χ4n) is 1.52. The van der Waals surface area contributed by atoms with Gasteiger partial charge in [0.2, 0.25) is 0 Å². The molecule has 0 saturated carbocycles. The van der Waals surface area contributed by atoms with Crippen LogP contribution in [0.15, 0.2) is 12.7 Å². The number of ether oxygens (including phenoxy) is 1. The molecule has 4 heteroatoms. The zero-order valence-corrected chi connectivity index (χ0v) is 7.68. The molecule has 1 heterocycles. The van der Waals surface area contributed by atoms with Crippen molar-refractivity contribution < 1.29 is 20.1 Å². The molecular weight excluding hydrogens is 172 g/mol. The number of aliphatic hydroxyl groups excluding tert-OH is 3. The first kappa shape index (κ1) is 10.7. The molecule has 4 nitrogen and oxygen atoms in total. The van der Waals surface area contributed by atoms with E-state index < -0.39 is 17.8 Å². The van der Waals surface area contributed by atoms with Crippen molar-refractivity contribution in [3.8, 4) is 0 Å². The highest BCUT2D eigenvalue weighted by Gasteiger charge is 2.45. The molecule has 1 aliphatic rings. The molecule has 0 aromatic rings. The SMILES string of the molecule is C=CC1(CO)OCC(O)C(C)C1O. The Bertz CT molecular complexity index is 194. The van der Waals surface area contributed by atoms with Gasteiger partial charge in [0.1, 0.15) is 5.60 Å². The number of hydrogen-bond donors (Lipinski definition) is 3. The number of hydrogen-bond acceptors (Lipinski definition) is 4. The van der Waals surface area contributed by atoms with Gasteiger partial charge in [-0.25, -0.2) is 0 Å². The summed E-state index contributed by atoms with van der Waals surface area (Å²) < 4.78 is 5.19. The van der Waals surface area contributed by atoms with Crippen molar-refractivity contribution in [2.24, 2.45) is 5.92 Å². The molecule has 0 amide bonds. The highest BCUT2D eigenvalue weighted by atomic mass is 16.5. The first-order valence-corrected chi connectivity index (χ1v) is 4.32. The molecule has 13 heavy (non-hydrogen) atoms. The highest BCUT2D eigenvalue weighted by molar-refractivity contribution is 5.07. The normalized spacial score (nSPS) is 46.0. The maximum atomic E-state index is 9.74. The molecule has 0 aliphatic carbocycles. The molecule has 1 fully saturated rings. The van der Waals surface area contributed by atoms with Gasteiger partial charge in [0.25, 0.3) is 0 Å². The minimum atomic E-state index is -1.11. The Morgan fingerprint density at radius 2 is 2.23 bits per heavy atom. The van der Waals surface area contributed by atoms with Crippen molar-refractivity contribution >= 4 is 0 Å². The molecular formula is C9H16O4. The summed E-state index contributed by atoms with van der Waals surface area (Å²) in [4.78, 5) is 0. The Balaban J connectivity index is 2.83. The lowest BCUT2D eigenvalue weighted by Crippen LogP contribution is -2.57. The van der Waals surface area contributed by atoms with E-state index in [0.29, 0.717) is 0 Å². The van der Waals surface area contributed by atoms with E-state index >= 15 is 0 Å². The molecule has 0 radical (unpaired) electrons. The summed E-state index contributed by atoms with van der Waals surface area (Å²) in [5.41, 5.74) is -1.11. The Morgan fingerprint density at radius 1 is 1.62 bits per heavy atom. The van der Waals surface area contributed by atoms with Crippen LogP contribution in [0.25, 0.3) is 0 Å². The fraction of sp³-hybridized carbons (Fsp3) is 0.778. The average molecular weight is 188 g/mol. The third-order valence-corrected chi connectivity index (χ3v) is 2.72.